The van der Waals surface area contributed by atoms with Crippen molar-refractivity contribution in [3.05, 3.63) is 231 Å². The van der Waals surface area contributed by atoms with Crippen molar-refractivity contribution in [3.63, 3.8) is 0 Å². The average molecular weight is 883 g/mol. The second-order valence-electron chi connectivity index (χ2n) is 17.5. The lowest BCUT2D eigenvalue weighted by atomic mass is 9.89. The molecule has 68 heavy (non-hydrogen) atoms. The average Bonchev–Trinajstić information content (AvgIpc) is 3.80. The number of fused-ring (bicyclic) bond motifs is 15. The number of aromatic nitrogens is 3. The Morgan fingerprint density at radius 1 is 0.324 bits per heavy atom. The van der Waals surface area contributed by atoms with Crippen molar-refractivity contribution < 1.29 is 0 Å². The van der Waals surface area contributed by atoms with Gasteiger partial charge in [0.25, 0.3) is 0 Å². The summed E-state index contributed by atoms with van der Waals surface area (Å²) in [5.74, 6) is 0. The molecule has 0 saturated heterocycles. The molecule has 0 bridgehead atoms. The molecular formula is C63H38N4S. The lowest BCUT2D eigenvalue weighted by Gasteiger charge is -2.27. The van der Waals surface area contributed by atoms with Crippen LogP contribution < -0.4 is 4.90 Å². The van der Waals surface area contributed by atoms with Crippen LogP contribution in [-0.2, 0) is 0 Å². The molecule has 0 aliphatic heterocycles. The van der Waals surface area contributed by atoms with E-state index in [4.69, 9.17) is 4.98 Å². The maximum Gasteiger partial charge on any atom is 0.126 e. The van der Waals surface area contributed by atoms with Gasteiger partial charge in [-0.05, 0) is 135 Å². The molecule has 0 spiro atoms. The molecule has 3 heterocycles. The van der Waals surface area contributed by atoms with E-state index >= 15 is 0 Å². The Labute approximate surface area is 395 Å². The zero-order valence-electron chi connectivity index (χ0n) is 36.6. The summed E-state index contributed by atoms with van der Waals surface area (Å²) in [5.41, 5.74) is 10.8. The summed E-state index contributed by atoms with van der Waals surface area (Å²) in [6, 6.07) is 79.7. The SMILES string of the molecule is c1cc(-c2cccc3c4ccccc4c4ccccc4c23)cc(N(c2ccc(-c3ncnc4c3sc3ncccc34)cc2)c2ccc(-c3cccc4c5ccccc5c5ccccc5c34)cc2)c1. The number of thiophene rings is 1. The summed E-state index contributed by atoms with van der Waals surface area (Å²) in [5, 5.41) is 16.3. The minimum atomic E-state index is 0.911. The van der Waals surface area contributed by atoms with Crippen molar-refractivity contribution in [2.45, 2.75) is 0 Å². The van der Waals surface area contributed by atoms with E-state index in [1.54, 1.807) is 17.7 Å². The summed E-state index contributed by atoms with van der Waals surface area (Å²) in [7, 11) is 0. The number of nitrogens with zero attached hydrogens (tertiary/aromatic N) is 4. The molecule has 316 valence electrons. The molecule has 3 aromatic heterocycles. The number of rotatable bonds is 6. The summed E-state index contributed by atoms with van der Waals surface area (Å²) in [6.07, 6.45) is 3.51. The summed E-state index contributed by atoms with van der Waals surface area (Å²) >= 11 is 1.64. The lowest BCUT2D eigenvalue weighted by Crippen LogP contribution is -2.10. The van der Waals surface area contributed by atoms with Gasteiger partial charge in [-0.15, -0.1) is 11.3 Å². The fraction of sp³-hybridized carbons (Fsp3) is 0. The Kier molecular flexibility index (Phi) is 8.73. The molecule has 5 heteroatoms. The lowest BCUT2D eigenvalue weighted by molar-refractivity contribution is 1.23. The van der Waals surface area contributed by atoms with E-state index in [1.165, 1.54) is 81.3 Å². The number of anilines is 3. The maximum atomic E-state index is 4.83. The predicted octanol–water partition coefficient (Wildman–Crippen LogP) is 17.6. The van der Waals surface area contributed by atoms with Gasteiger partial charge >= 0.3 is 0 Å². The van der Waals surface area contributed by atoms with Crippen LogP contribution in [0.4, 0.5) is 17.1 Å². The fourth-order valence-electron chi connectivity index (χ4n) is 10.8. The van der Waals surface area contributed by atoms with Crippen LogP contribution >= 0.6 is 11.3 Å². The van der Waals surface area contributed by atoms with Crippen molar-refractivity contribution in [1.29, 1.82) is 0 Å². The normalized spacial score (nSPS) is 11.8. The third kappa shape index (κ3) is 5.96. The van der Waals surface area contributed by atoms with Crippen molar-refractivity contribution in [2.75, 3.05) is 4.90 Å². The van der Waals surface area contributed by atoms with Gasteiger partial charge in [0.15, 0.2) is 0 Å². The fourth-order valence-corrected chi connectivity index (χ4v) is 11.9. The number of benzene rings is 11. The molecule has 14 aromatic rings. The van der Waals surface area contributed by atoms with Crippen LogP contribution in [0.25, 0.3) is 119 Å². The largest absolute Gasteiger partial charge is 0.310 e. The van der Waals surface area contributed by atoms with Gasteiger partial charge in [-0.1, -0.05) is 170 Å². The van der Waals surface area contributed by atoms with Crippen LogP contribution in [0.15, 0.2) is 231 Å². The molecule has 0 fully saturated rings. The first-order chi connectivity index (χ1) is 33.7. The van der Waals surface area contributed by atoms with Crippen LogP contribution in [0.3, 0.4) is 0 Å². The molecule has 0 saturated carbocycles. The van der Waals surface area contributed by atoms with Gasteiger partial charge in [-0.3, -0.25) is 0 Å². The molecule has 4 nitrogen and oxygen atoms in total. The molecule has 0 N–H and O–H groups in total. The third-order valence-electron chi connectivity index (χ3n) is 13.8. The zero-order valence-corrected chi connectivity index (χ0v) is 37.5. The third-order valence-corrected chi connectivity index (χ3v) is 14.9. The zero-order chi connectivity index (χ0) is 44.7. The quantitative estimate of drug-likeness (QED) is 0.156. The number of pyridine rings is 1. The first-order valence-electron chi connectivity index (χ1n) is 23.0. The molecule has 14 rings (SSSR count). The van der Waals surface area contributed by atoms with Crippen LogP contribution in [-0.4, -0.2) is 15.0 Å². The highest BCUT2D eigenvalue weighted by Gasteiger charge is 2.20. The molecule has 0 aliphatic carbocycles. The monoisotopic (exact) mass is 882 g/mol. The second kappa shape index (κ2) is 15.4. The van der Waals surface area contributed by atoms with Crippen LogP contribution in [0.1, 0.15) is 0 Å². The predicted molar refractivity (Wildman–Crippen MR) is 289 cm³/mol. The van der Waals surface area contributed by atoms with E-state index in [-0.39, 0.29) is 0 Å². The van der Waals surface area contributed by atoms with E-state index in [0.29, 0.717) is 0 Å². The van der Waals surface area contributed by atoms with Crippen molar-refractivity contribution in [2.24, 2.45) is 0 Å². The van der Waals surface area contributed by atoms with Crippen molar-refractivity contribution in [3.8, 4) is 33.5 Å². The van der Waals surface area contributed by atoms with Gasteiger partial charge in [0.05, 0.1) is 15.9 Å². The molecule has 11 aromatic carbocycles. The highest BCUT2D eigenvalue weighted by atomic mass is 32.1. The maximum absolute atomic E-state index is 4.83. The van der Waals surface area contributed by atoms with Gasteiger partial charge < -0.3 is 4.90 Å². The first kappa shape index (κ1) is 38.5. The Morgan fingerprint density at radius 2 is 0.779 bits per heavy atom. The summed E-state index contributed by atoms with van der Waals surface area (Å²) < 4.78 is 1.04. The minimum Gasteiger partial charge on any atom is -0.310 e. The van der Waals surface area contributed by atoms with E-state index in [2.05, 4.69) is 227 Å². The second-order valence-corrected chi connectivity index (χ2v) is 18.5. The summed E-state index contributed by atoms with van der Waals surface area (Å²) in [4.78, 5) is 17.5. The van der Waals surface area contributed by atoms with E-state index in [0.717, 1.165) is 54.3 Å². The molecule has 0 atom stereocenters. The molecule has 0 radical (unpaired) electrons. The van der Waals surface area contributed by atoms with E-state index < -0.39 is 0 Å². The van der Waals surface area contributed by atoms with Gasteiger partial charge in [0, 0.05) is 34.2 Å². The molecular weight excluding hydrogens is 845 g/mol. The van der Waals surface area contributed by atoms with Gasteiger partial charge in [-0.25, -0.2) is 15.0 Å². The van der Waals surface area contributed by atoms with Crippen LogP contribution in [0.5, 0.6) is 0 Å². The topological polar surface area (TPSA) is 41.9 Å². The minimum absolute atomic E-state index is 0.911. The first-order valence-corrected chi connectivity index (χ1v) is 23.8. The van der Waals surface area contributed by atoms with E-state index in [1.807, 2.05) is 12.3 Å². The smallest absolute Gasteiger partial charge is 0.126 e. The number of hydrogen-bond donors (Lipinski definition) is 0. The molecule has 0 aliphatic rings. The Bertz CT molecular complexity index is 4240. The molecule has 0 unspecified atom stereocenters. The van der Waals surface area contributed by atoms with Crippen LogP contribution in [0.2, 0.25) is 0 Å². The van der Waals surface area contributed by atoms with Gasteiger partial charge in [0.1, 0.15) is 11.2 Å². The highest BCUT2D eigenvalue weighted by molar-refractivity contribution is 7.25. The van der Waals surface area contributed by atoms with Crippen molar-refractivity contribution >= 4 is 113 Å². The summed E-state index contributed by atoms with van der Waals surface area (Å²) in [6.45, 7) is 0. The van der Waals surface area contributed by atoms with Gasteiger partial charge in [0.2, 0.25) is 0 Å². The number of hydrogen-bond acceptors (Lipinski definition) is 5. The Morgan fingerprint density at radius 3 is 1.34 bits per heavy atom. The van der Waals surface area contributed by atoms with Crippen molar-refractivity contribution in [1.82, 2.24) is 15.0 Å². The Balaban J connectivity index is 0.938. The standard InChI is InChI=1S/C63H38N4S/c1-3-17-51-47(15-1)49-19-5-7-21-53(49)58-45(23-10-25-55(51)58)39-28-32-42(33-29-39)67(43-34-30-40(31-35-43)60-62-61(66-38-65-60)57-27-12-36-64-63(57)68-62)44-14-9-13-41(37-44)46-24-11-26-56-52-18-4-2-16-48(52)50-20-6-8-22-54(50)59(46)56/h1-38H. The highest BCUT2D eigenvalue weighted by Crippen LogP contribution is 2.45. The van der Waals surface area contributed by atoms with Crippen LogP contribution in [0, 0.1) is 0 Å². The molecule has 0 amide bonds. The van der Waals surface area contributed by atoms with Gasteiger partial charge in [-0.2, -0.15) is 0 Å². The Hall–Kier alpha value is -8.77. The van der Waals surface area contributed by atoms with E-state index in [9.17, 15) is 0 Å².